The fourth-order valence-electron chi connectivity index (χ4n) is 1.85. The highest BCUT2D eigenvalue weighted by Crippen LogP contribution is 2.30. The minimum Gasteiger partial charge on any atom is -0.395 e. The fraction of sp³-hybridized carbons (Fsp3) is 0.700. The van der Waals surface area contributed by atoms with Gasteiger partial charge in [0.15, 0.2) is 0 Å². The number of aliphatic hydroxyl groups excluding tert-OH is 1. The first-order chi connectivity index (χ1) is 7.41. The zero-order valence-electron chi connectivity index (χ0n) is 9.37. The van der Waals surface area contributed by atoms with E-state index in [1.165, 1.54) is 0 Å². The van der Waals surface area contributed by atoms with Crippen LogP contribution in [0.4, 0.5) is 4.79 Å². The van der Waals surface area contributed by atoms with Crippen molar-refractivity contribution in [2.24, 2.45) is 5.41 Å². The maximum atomic E-state index is 11.7. The Labute approximate surface area is 93.4 Å². The summed E-state index contributed by atoms with van der Waals surface area (Å²) in [6, 6.07) is -0.557. The normalized spacial score (nSPS) is 28.2. The molecule has 90 valence electrons. The van der Waals surface area contributed by atoms with E-state index >= 15 is 0 Å². The van der Waals surface area contributed by atoms with Gasteiger partial charge in [0.2, 0.25) is 0 Å². The molecule has 0 radical (unpaired) electrons. The van der Waals surface area contributed by atoms with E-state index in [-0.39, 0.29) is 13.0 Å². The van der Waals surface area contributed by atoms with Gasteiger partial charge in [-0.25, -0.2) is 4.79 Å². The molecule has 16 heavy (non-hydrogen) atoms. The number of urea groups is 1. The number of carbonyl (C=O) groups excluding carboxylic acids is 3. The lowest BCUT2D eigenvalue weighted by atomic mass is 9.77. The highest BCUT2D eigenvalue weighted by Gasteiger charge is 2.48. The van der Waals surface area contributed by atoms with Gasteiger partial charge in [-0.2, -0.15) is 0 Å². The molecule has 0 spiro atoms. The van der Waals surface area contributed by atoms with Gasteiger partial charge < -0.3 is 15.2 Å². The van der Waals surface area contributed by atoms with Crippen molar-refractivity contribution in [1.29, 1.82) is 0 Å². The van der Waals surface area contributed by atoms with Gasteiger partial charge in [-0.05, 0) is 12.8 Å². The Morgan fingerprint density at radius 1 is 1.50 bits per heavy atom. The molecule has 3 N–H and O–H groups in total. The van der Waals surface area contributed by atoms with Crippen molar-refractivity contribution < 1.29 is 19.5 Å². The Bertz CT molecular complexity index is 331. The van der Waals surface area contributed by atoms with Gasteiger partial charge in [0.1, 0.15) is 11.8 Å². The summed E-state index contributed by atoms with van der Waals surface area (Å²) in [5.41, 5.74) is -2.11. The zero-order valence-corrected chi connectivity index (χ0v) is 9.37. The van der Waals surface area contributed by atoms with Crippen LogP contribution in [0.3, 0.4) is 0 Å². The third-order valence-electron chi connectivity index (χ3n) is 2.97. The Morgan fingerprint density at radius 2 is 2.12 bits per heavy atom. The number of imide groups is 1. The number of rotatable bonds is 5. The minimum absolute atomic E-state index is 0.0913. The van der Waals surface area contributed by atoms with E-state index < -0.39 is 22.9 Å². The highest BCUT2D eigenvalue weighted by atomic mass is 16.3. The number of amides is 3. The highest BCUT2D eigenvalue weighted by molar-refractivity contribution is 6.07. The van der Waals surface area contributed by atoms with Gasteiger partial charge in [-0.15, -0.1) is 0 Å². The molecule has 1 aliphatic heterocycles. The van der Waals surface area contributed by atoms with Crippen molar-refractivity contribution in [3.63, 3.8) is 0 Å². The molecule has 6 nitrogen and oxygen atoms in total. The van der Waals surface area contributed by atoms with Gasteiger partial charge in [-0.3, -0.25) is 10.1 Å². The minimum atomic E-state index is -1.09. The molecule has 0 saturated carbocycles. The van der Waals surface area contributed by atoms with Gasteiger partial charge in [-0.1, -0.05) is 13.8 Å². The second-order valence-corrected chi connectivity index (χ2v) is 4.45. The Hall–Kier alpha value is -1.43. The summed E-state index contributed by atoms with van der Waals surface area (Å²) in [7, 11) is 0. The van der Waals surface area contributed by atoms with Crippen LogP contribution in [0, 0.1) is 5.41 Å². The summed E-state index contributed by atoms with van der Waals surface area (Å²) < 4.78 is 0. The Balaban J connectivity index is 2.94. The number of carbonyl (C=O) groups is 3. The molecule has 1 heterocycles. The van der Waals surface area contributed by atoms with E-state index in [2.05, 4.69) is 10.6 Å². The van der Waals surface area contributed by atoms with E-state index in [4.69, 9.17) is 5.11 Å². The average Bonchev–Trinajstić information content (AvgIpc) is 2.54. The Kier molecular flexibility index (Phi) is 3.32. The molecule has 1 saturated heterocycles. The molecule has 0 aromatic carbocycles. The standard InChI is InChI=1S/C10H16N2O4/c1-3-10(4-9(2,5-13)6-14)7(15)11-8(16)12-10/h5,14H,3-4,6H2,1-2H3,(H2,11,12,15,16)/t9-,10-/m1/s1. The lowest BCUT2D eigenvalue weighted by Gasteiger charge is -2.32. The van der Waals surface area contributed by atoms with Crippen LogP contribution in [0.2, 0.25) is 0 Å². The topological polar surface area (TPSA) is 95.5 Å². The van der Waals surface area contributed by atoms with Crippen molar-refractivity contribution >= 4 is 18.2 Å². The summed E-state index contributed by atoms with van der Waals surface area (Å²) in [6.07, 6.45) is 1.07. The first kappa shape index (κ1) is 12.6. The first-order valence-corrected chi connectivity index (χ1v) is 5.12. The number of hydrogen-bond donors (Lipinski definition) is 3. The van der Waals surface area contributed by atoms with Crippen LogP contribution in [-0.4, -0.2) is 35.5 Å². The van der Waals surface area contributed by atoms with Crippen molar-refractivity contribution in [2.45, 2.75) is 32.2 Å². The molecule has 0 aliphatic carbocycles. The van der Waals surface area contributed by atoms with Gasteiger partial charge in [0.05, 0.1) is 6.61 Å². The molecule has 1 rings (SSSR count). The van der Waals surface area contributed by atoms with Crippen LogP contribution >= 0.6 is 0 Å². The molecule has 0 unspecified atom stereocenters. The maximum absolute atomic E-state index is 11.7. The van der Waals surface area contributed by atoms with Gasteiger partial charge in [0.25, 0.3) is 5.91 Å². The number of nitrogens with one attached hydrogen (secondary N) is 2. The third-order valence-corrected chi connectivity index (χ3v) is 2.97. The molecule has 6 heteroatoms. The molecule has 0 bridgehead atoms. The molecule has 0 aromatic heterocycles. The van der Waals surface area contributed by atoms with E-state index in [0.29, 0.717) is 12.7 Å². The van der Waals surface area contributed by atoms with E-state index in [9.17, 15) is 14.4 Å². The van der Waals surface area contributed by atoms with Crippen LogP contribution in [0.25, 0.3) is 0 Å². The van der Waals surface area contributed by atoms with Gasteiger partial charge >= 0.3 is 6.03 Å². The number of hydrogen-bond acceptors (Lipinski definition) is 4. The van der Waals surface area contributed by atoms with E-state index in [1.54, 1.807) is 13.8 Å². The summed E-state index contributed by atoms with van der Waals surface area (Å²) in [5.74, 6) is -0.443. The Morgan fingerprint density at radius 3 is 2.44 bits per heavy atom. The SMILES string of the molecule is CC[C@]1(C[C@](C)(C=O)CO)NC(=O)NC1=O. The van der Waals surface area contributed by atoms with Crippen LogP contribution in [0.1, 0.15) is 26.7 Å². The number of aliphatic hydroxyl groups is 1. The van der Waals surface area contributed by atoms with Crippen LogP contribution in [-0.2, 0) is 9.59 Å². The summed E-state index contributed by atoms with van der Waals surface area (Å²) in [5, 5.41) is 13.8. The number of aldehydes is 1. The lowest BCUT2D eigenvalue weighted by molar-refractivity contribution is -0.127. The van der Waals surface area contributed by atoms with Crippen molar-refractivity contribution in [1.82, 2.24) is 10.6 Å². The maximum Gasteiger partial charge on any atom is 0.322 e. The van der Waals surface area contributed by atoms with Crippen LogP contribution in [0.15, 0.2) is 0 Å². The molecular weight excluding hydrogens is 212 g/mol. The monoisotopic (exact) mass is 228 g/mol. The lowest BCUT2D eigenvalue weighted by Crippen LogP contribution is -2.50. The van der Waals surface area contributed by atoms with E-state index in [0.717, 1.165) is 0 Å². The van der Waals surface area contributed by atoms with Gasteiger partial charge in [0, 0.05) is 5.41 Å². The molecule has 0 aromatic rings. The van der Waals surface area contributed by atoms with E-state index in [1.807, 2.05) is 0 Å². The molecule has 1 aliphatic rings. The zero-order chi connectivity index (χ0) is 12.4. The summed E-state index contributed by atoms with van der Waals surface area (Å²) in [6.45, 7) is 2.93. The largest absolute Gasteiger partial charge is 0.395 e. The van der Waals surface area contributed by atoms with Crippen molar-refractivity contribution in [3.05, 3.63) is 0 Å². The first-order valence-electron chi connectivity index (χ1n) is 5.12. The predicted octanol–water partition coefficient (Wildman–Crippen LogP) is -0.438. The molecule has 1 fully saturated rings. The van der Waals surface area contributed by atoms with Crippen molar-refractivity contribution in [3.8, 4) is 0 Å². The quantitative estimate of drug-likeness (QED) is 0.439. The fourth-order valence-corrected chi connectivity index (χ4v) is 1.85. The third kappa shape index (κ3) is 2.06. The van der Waals surface area contributed by atoms with Crippen molar-refractivity contribution in [2.75, 3.05) is 6.61 Å². The second-order valence-electron chi connectivity index (χ2n) is 4.45. The smallest absolute Gasteiger partial charge is 0.322 e. The molecule has 3 amide bonds. The predicted molar refractivity (Wildman–Crippen MR) is 55.6 cm³/mol. The summed E-state index contributed by atoms with van der Waals surface area (Å²) >= 11 is 0. The molecular formula is C10H16N2O4. The summed E-state index contributed by atoms with van der Waals surface area (Å²) in [4.78, 5) is 33.6. The second kappa shape index (κ2) is 4.21. The molecule has 2 atom stereocenters. The van der Waals surface area contributed by atoms with Crippen LogP contribution in [0.5, 0.6) is 0 Å². The van der Waals surface area contributed by atoms with Crippen LogP contribution < -0.4 is 10.6 Å². The average molecular weight is 228 g/mol.